The van der Waals surface area contributed by atoms with Gasteiger partial charge in [-0.3, -0.25) is 9.36 Å². The lowest BCUT2D eigenvalue weighted by Crippen LogP contribution is -2.19. The van der Waals surface area contributed by atoms with E-state index in [0.717, 1.165) is 16.7 Å². The fraction of sp³-hybridized carbons (Fsp3) is 0.594. The summed E-state index contributed by atoms with van der Waals surface area (Å²) in [7, 11) is -3.85. The second-order valence-electron chi connectivity index (χ2n) is 9.81. The largest absolute Gasteiger partial charge is 0.394 e. The molecule has 44 heavy (non-hydrogen) atoms. The molecule has 0 spiro atoms. The first-order chi connectivity index (χ1) is 21.4. The van der Waals surface area contributed by atoms with Gasteiger partial charge in [-0.2, -0.15) is 0 Å². The monoisotopic (exact) mass is 640 g/mol. The summed E-state index contributed by atoms with van der Waals surface area (Å²) in [5, 5.41) is 8.96. The van der Waals surface area contributed by atoms with Gasteiger partial charge < -0.3 is 42.8 Å². The Morgan fingerprint density at radius 3 is 1.34 bits per heavy atom. The van der Waals surface area contributed by atoms with Crippen molar-refractivity contribution < 1.29 is 52.1 Å². The van der Waals surface area contributed by atoms with Gasteiger partial charge in [0.1, 0.15) is 0 Å². The quantitative estimate of drug-likeness (QED) is 0.114. The number of ether oxygens (including phenoxy) is 7. The summed E-state index contributed by atoms with van der Waals surface area (Å²) in [6.07, 6.45) is 0. The molecule has 0 fully saturated rings. The van der Waals surface area contributed by atoms with Crippen molar-refractivity contribution in [3.8, 4) is 0 Å². The first-order valence-corrected chi connectivity index (χ1v) is 16.6. The van der Waals surface area contributed by atoms with Crippen LogP contribution in [0.5, 0.6) is 0 Å². The van der Waals surface area contributed by atoms with Crippen molar-refractivity contribution in [1.82, 2.24) is 0 Å². The maximum absolute atomic E-state index is 14.0. The van der Waals surface area contributed by atoms with Crippen LogP contribution in [0.4, 0.5) is 0 Å². The number of carbonyl (C=O) groups excluding carboxylic acids is 1. The number of aliphatic hydroxyl groups excluding tert-OH is 1. The summed E-state index contributed by atoms with van der Waals surface area (Å²) in [5.74, 6) is 0. The summed E-state index contributed by atoms with van der Waals surface area (Å²) >= 11 is 0. The van der Waals surface area contributed by atoms with Crippen molar-refractivity contribution in [2.75, 3.05) is 106 Å². The second kappa shape index (κ2) is 23.3. The van der Waals surface area contributed by atoms with Crippen molar-refractivity contribution in [3.63, 3.8) is 0 Å². The van der Waals surface area contributed by atoms with E-state index in [-0.39, 0.29) is 19.8 Å². The summed E-state index contributed by atoms with van der Waals surface area (Å²) in [6, 6.07) is 12.4. The molecule has 0 aliphatic rings. The molecule has 0 heterocycles. The first-order valence-electron chi connectivity index (χ1n) is 15.0. The summed E-state index contributed by atoms with van der Waals surface area (Å²) in [4.78, 5) is 13.6. The van der Waals surface area contributed by atoms with E-state index >= 15 is 0 Å². The Hall–Kier alpha value is -2.02. The molecule has 0 aliphatic carbocycles. The second-order valence-corrected chi connectivity index (χ2v) is 12.1. The molecule has 248 valence electrons. The minimum absolute atomic E-state index is 0.00531. The molecule has 2 aromatic carbocycles. The molecular weight excluding hydrogens is 591 g/mol. The SMILES string of the molecule is Cc1cc(C)c(C(=O)P(=O)(OCCOCCOCCOCCOCCOCCOCCOCCO)c2ccccc2)c(C)c1. The van der Waals surface area contributed by atoms with Crippen LogP contribution < -0.4 is 5.30 Å². The molecule has 0 amide bonds. The molecule has 0 bridgehead atoms. The Bertz CT molecular complexity index is 1070. The number of aryl methyl sites for hydroxylation is 3. The number of benzene rings is 2. The predicted molar refractivity (Wildman–Crippen MR) is 167 cm³/mol. The fourth-order valence-electron chi connectivity index (χ4n) is 4.25. The highest BCUT2D eigenvalue weighted by molar-refractivity contribution is 7.83. The number of carbonyl (C=O) groups is 1. The van der Waals surface area contributed by atoms with Gasteiger partial charge >= 0.3 is 7.37 Å². The highest BCUT2D eigenvalue weighted by Gasteiger charge is 2.37. The number of hydrogen-bond donors (Lipinski definition) is 1. The normalized spacial score (nSPS) is 12.8. The lowest BCUT2D eigenvalue weighted by molar-refractivity contribution is -0.0220. The van der Waals surface area contributed by atoms with Crippen molar-refractivity contribution in [3.05, 3.63) is 64.7 Å². The molecular formula is C32H49O11P. The molecule has 2 aromatic rings. The van der Waals surface area contributed by atoms with E-state index in [1.807, 2.05) is 32.9 Å². The molecule has 0 saturated heterocycles. The number of aliphatic hydroxyl groups is 1. The van der Waals surface area contributed by atoms with Gasteiger partial charge in [0, 0.05) is 10.9 Å². The van der Waals surface area contributed by atoms with Crippen LogP contribution in [-0.4, -0.2) is 116 Å². The average Bonchev–Trinajstić information content (AvgIpc) is 3.01. The molecule has 0 aliphatic heterocycles. The van der Waals surface area contributed by atoms with E-state index in [1.54, 1.807) is 30.3 Å². The lowest BCUT2D eigenvalue weighted by atomic mass is 10.0. The average molecular weight is 641 g/mol. The van der Waals surface area contributed by atoms with Gasteiger partial charge in [-0.1, -0.05) is 35.9 Å². The van der Waals surface area contributed by atoms with Crippen LogP contribution in [0, 0.1) is 20.8 Å². The molecule has 1 atom stereocenters. The van der Waals surface area contributed by atoms with Gasteiger partial charge in [-0.15, -0.1) is 0 Å². The van der Waals surface area contributed by atoms with Crippen LogP contribution in [0.25, 0.3) is 0 Å². The van der Waals surface area contributed by atoms with Crippen LogP contribution in [0.15, 0.2) is 42.5 Å². The molecule has 0 saturated carbocycles. The van der Waals surface area contributed by atoms with Crippen molar-refractivity contribution in [2.45, 2.75) is 20.8 Å². The van der Waals surface area contributed by atoms with Crippen LogP contribution >= 0.6 is 7.37 Å². The minimum Gasteiger partial charge on any atom is -0.394 e. The van der Waals surface area contributed by atoms with Crippen LogP contribution in [0.2, 0.25) is 0 Å². The van der Waals surface area contributed by atoms with E-state index in [2.05, 4.69) is 0 Å². The molecule has 0 aromatic heterocycles. The third-order valence-corrected chi connectivity index (χ3v) is 8.51. The highest BCUT2D eigenvalue weighted by atomic mass is 31.2. The summed E-state index contributed by atoms with van der Waals surface area (Å²) < 4.78 is 57.6. The van der Waals surface area contributed by atoms with Crippen LogP contribution in [0.3, 0.4) is 0 Å². The molecule has 1 N–H and O–H groups in total. The molecule has 2 rings (SSSR count). The fourth-order valence-corrected chi connectivity index (χ4v) is 6.29. The zero-order valence-corrected chi connectivity index (χ0v) is 27.2. The van der Waals surface area contributed by atoms with Crippen LogP contribution in [-0.2, 0) is 42.2 Å². The number of hydrogen-bond acceptors (Lipinski definition) is 11. The van der Waals surface area contributed by atoms with E-state index in [4.69, 9.17) is 42.8 Å². The topological polar surface area (TPSA) is 128 Å². The maximum atomic E-state index is 14.0. The van der Waals surface area contributed by atoms with Gasteiger partial charge in [0.25, 0.3) is 5.52 Å². The lowest BCUT2D eigenvalue weighted by Gasteiger charge is -2.20. The van der Waals surface area contributed by atoms with Crippen LogP contribution in [0.1, 0.15) is 27.0 Å². The highest BCUT2D eigenvalue weighted by Crippen LogP contribution is 2.50. The van der Waals surface area contributed by atoms with E-state index < -0.39 is 12.9 Å². The minimum atomic E-state index is -3.85. The van der Waals surface area contributed by atoms with E-state index in [0.29, 0.717) is 96.8 Å². The van der Waals surface area contributed by atoms with Gasteiger partial charge in [0.15, 0.2) is 0 Å². The Morgan fingerprint density at radius 2 is 0.955 bits per heavy atom. The summed E-state index contributed by atoms with van der Waals surface area (Å²) in [5.41, 5.74) is 2.53. The van der Waals surface area contributed by atoms with Crippen molar-refractivity contribution in [1.29, 1.82) is 0 Å². The van der Waals surface area contributed by atoms with Gasteiger partial charge in [0.05, 0.1) is 106 Å². The zero-order chi connectivity index (χ0) is 31.9. The Kier molecular flexibility index (Phi) is 20.2. The molecule has 1 unspecified atom stereocenters. The Morgan fingerprint density at radius 1 is 0.591 bits per heavy atom. The third kappa shape index (κ3) is 14.8. The predicted octanol–water partition coefficient (Wildman–Crippen LogP) is 3.48. The standard InChI is InChI=1S/C32H49O11P/c1-27-25-28(2)31(29(3)26-27)32(34)44(35,30-7-5-4-6-8-30)43-24-23-42-22-21-41-20-19-40-18-17-39-16-15-38-14-13-37-12-11-36-10-9-33/h4-8,25-26,33H,9-24H2,1-3H3. The smallest absolute Gasteiger partial charge is 0.300 e. The van der Waals surface area contributed by atoms with Crippen molar-refractivity contribution >= 4 is 18.2 Å². The first kappa shape index (κ1) is 38.2. The van der Waals surface area contributed by atoms with Crippen molar-refractivity contribution in [2.24, 2.45) is 0 Å². The van der Waals surface area contributed by atoms with Gasteiger partial charge in [-0.05, 0) is 44.0 Å². The molecule has 0 radical (unpaired) electrons. The Labute approximate surface area is 261 Å². The van der Waals surface area contributed by atoms with E-state index in [1.165, 1.54) is 0 Å². The number of rotatable bonds is 27. The maximum Gasteiger partial charge on any atom is 0.300 e. The Balaban J connectivity index is 1.51. The van der Waals surface area contributed by atoms with Gasteiger partial charge in [-0.25, -0.2) is 0 Å². The molecule has 12 heteroatoms. The van der Waals surface area contributed by atoms with Gasteiger partial charge in [0.2, 0.25) is 0 Å². The van der Waals surface area contributed by atoms with E-state index in [9.17, 15) is 9.36 Å². The zero-order valence-electron chi connectivity index (χ0n) is 26.3. The third-order valence-electron chi connectivity index (χ3n) is 6.22. The molecule has 11 nitrogen and oxygen atoms in total. The summed E-state index contributed by atoms with van der Waals surface area (Å²) in [6.45, 7) is 11.5.